The number of para-hydroxylation sites is 2. The lowest BCUT2D eigenvalue weighted by atomic mass is 10.0. The van der Waals surface area contributed by atoms with Crippen LogP contribution in [0.5, 0.6) is 0 Å². The predicted molar refractivity (Wildman–Crippen MR) is 124 cm³/mol. The summed E-state index contributed by atoms with van der Waals surface area (Å²) in [5.41, 5.74) is 2.82. The Morgan fingerprint density at radius 1 is 0.971 bits per heavy atom. The molecule has 0 radical (unpaired) electrons. The molecule has 0 aliphatic carbocycles. The number of esters is 1. The standard InChI is InChI=1S/C25H21F2N3O4S/c26-25(27)30-22-8-4-3-7-21(22)28-23(30)16-34-24(31)18-9-11-20(12-10-18)35(32,33)29-14-13-17-5-1-2-6-19(17)15-29/h1-12,25H,13-16H2. The molecule has 0 N–H and O–H groups in total. The van der Waals surface area contributed by atoms with Crippen LogP contribution in [0.1, 0.15) is 33.9 Å². The van der Waals surface area contributed by atoms with Gasteiger partial charge >= 0.3 is 12.5 Å². The van der Waals surface area contributed by atoms with Crippen LogP contribution in [0, 0.1) is 0 Å². The zero-order valence-corrected chi connectivity index (χ0v) is 19.3. The van der Waals surface area contributed by atoms with Crippen molar-refractivity contribution in [1.29, 1.82) is 0 Å². The highest BCUT2D eigenvalue weighted by Gasteiger charge is 2.28. The maximum atomic E-state index is 13.6. The summed E-state index contributed by atoms with van der Waals surface area (Å²) in [6.07, 6.45) is 0.628. The first-order valence-electron chi connectivity index (χ1n) is 10.9. The van der Waals surface area contributed by atoms with Crippen molar-refractivity contribution in [2.75, 3.05) is 6.54 Å². The zero-order chi connectivity index (χ0) is 24.6. The number of carbonyl (C=O) groups is 1. The van der Waals surface area contributed by atoms with Crippen molar-refractivity contribution in [2.24, 2.45) is 0 Å². The van der Waals surface area contributed by atoms with Crippen LogP contribution in [0.25, 0.3) is 11.0 Å². The van der Waals surface area contributed by atoms with Gasteiger partial charge in [0.1, 0.15) is 6.61 Å². The smallest absolute Gasteiger partial charge is 0.338 e. The minimum absolute atomic E-state index is 0.0629. The van der Waals surface area contributed by atoms with E-state index in [4.69, 9.17) is 4.74 Å². The number of imidazole rings is 1. The fraction of sp³-hybridized carbons (Fsp3) is 0.200. The first-order chi connectivity index (χ1) is 16.8. The summed E-state index contributed by atoms with van der Waals surface area (Å²) in [5.74, 6) is -0.854. The van der Waals surface area contributed by atoms with Gasteiger partial charge in [-0.2, -0.15) is 13.1 Å². The Balaban J connectivity index is 1.29. The molecule has 0 fully saturated rings. The molecule has 7 nitrogen and oxygen atoms in total. The van der Waals surface area contributed by atoms with E-state index in [0.29, 0.717) is 18.5 Å². The molecular weight excluding hydrogens is 476 g/mol. The highest BCUT2D eigenvalue weighted by molar-refractivity contribution is 7.89. The average Bonchev–Trinajstić information content (AvgIpc) is 3.26. The normalized spacial score (nSPS) is 14.3. The second-order valence-electron chi connectivity index (χ2n) is 8.12. The SMILES string of the molecule is O=C(OCc1nc2ccccc2n1C(F)F)c1ccc(S(=O)(=O)N2CCc3ccccc3C2)cc1. The van der Waals surface area contributed by atoms with Crippen LogP contribution in [-0.4, -0.2) is 34.8 Å². The number of hydrogen-bond donors (Lipinski definition) is 0. The lowest BCUT2D eigenvalue weighted by Gasteiger charge is -2.28. The molecule has 180 valence electrons. The number of fused-ring (bicyclic) bond motifs is 2. The van der Waals surface area contributed by atoms with Crippen molar-refractivity contribution in [2.45, 2.75) is 31.0 Å². The van der Waals surface area contributed by atoms with Gasteiger partial charge in [-0.3, -0.25) is 4.57 Å². The number of nitrogens with zero attached hydrogens (tertiary/aromatic N) is 3. The van der Waals surface area contributed by atoms with E-state index in [2.05, 4.69) is 4.98 Å². The Bertz CT molecular complexity index is 1500. The minimum Gasteiger partial charge on any atom is -0.454 e. The summed E-state index contributed by atoms with van der Waals surface area (Å²) >= 11 is 0. The van der Waals surface area contributed by atoms with Gasteiger partial charge in [-0.25, -0.2) is 18.2 Å². The summed E-state index contributed by atoms with van der Waals surface area (Å²) in [5, 5.41) is 0. The van der Waals surface area contributed by atoms with Crippen molar-refractivity contribution < 1.29 is 26.7 Å². The molecule has 10 heteroatoms. The van der Waals surface area contributed by atoms with E-state index in [-0.39, 0.29) is 28.3 Å². The summed E-state index contributed by atoms with van der Waals surface area (Å²) in [6.45, 7) is -2.64. The van der Waals surface area contributed by atoms with Crippen LogP contribution in [0.4, 0.5) is 8.78 Å². The van der Waals surface area contributed by atoms with Crippen LogP contribution in [0.2, 0.25) is 0 Å². The van der Waals surface area contributed by atoms with Gasteiger partial charge < -0.3 is 4.74 Å². The Morgan fingerprint density at radius 3 is 2.40 bits per heavy atom. The number of sulfonamides is 1. The maximum absolute atomic E-state index is 13.6. The Kier molecular flexibility index (Phi) is 6.08. The van der Waals surface area contributed by atoms with Crippen LogP contribution < -0.4 is 0 Å². The predicted octanol–water partition coefficient (Wildman–Crippen LogP) is 4.54. The van der Waals surface area contributed by atoms with E-state index >= 15 is 0 Å². The first-order valence-corrected chi connectivity index (χ1v) is 12.4. The van der Waals surface area contributed by atoms with Gasteiger partial charge in [0.25, 0.3) is 0 Å². The third-order valence-electron chi connectivity index (χ3n) is 6.02. The number of ether oxygens (including phenoxy) is 1. The monoisotopic (exact) mass is 497 g/mol. The molecule has 1 aromatic heterocycles. The van der Waals surface area contributed by atoms with E-state index in [9.17, 15) is 22.0 Å². The second kappa shape index (κ2) is 9.20. The fourth-order valence-electron chi connectivity index (χ4n) is 4.21. The molecule has 0 spiro atoms. The van der Waals surface area contributed by atoms with Crippen molar-refractivity contribution in [3.05, 3.63) is 95.3 Å². The minimum atomic E-state index is -3.75. The van der Waals surface area contributed by atoms with E-state index in [1.54, 1.807) is 18.2 Å². The summed E-state index contributed by atoms with van der Waals surface area (Å²) in [4.78, 5) is 16.7. The van der Waals surface area contributed by atoms with Gasteiger partial charge in [-0.1, -0.05) is 36.4 Å². The maximum Gasteiger partial charge on any atom is 0.338 e. The largest absolute Gasteiger partial charge is 0.454 e. The lowest BCUT2D eigenvalue weighted by molar-refractivity contribution is 0.0387. The lowest BCUT2D eigenvalue weighted by Crippen LogP contribution is -2.35. The van der Waals surface area contributed by atoms with E-state index in [0.717, 1.165) is 15.7 Å². The molecule has 5 rings (SSSR count). The molecule has 0 amide bonds. The second-order valence-corrected chi connectivity index (χ2v) is 10.1. The Hall–Kier alpha value is -3.63. The average molecular weight is 498 g/mol. The first kappa shape index (κ1) is 23.1. The van der Waals surface area contributed by atoms with Crippen LogP contribution in [0.3, 0.4) is 0 Å². The van der Waals surface area contributed by atoms with Crippen molar-refractivity contribution >= 4 is 27.0 Å². The summed E-state index contributed by atoms with van der Waals surface area (Å²) < 4.78 is 60.6. The third kappa shape index (κ3) is 4.42. The molecule has 2 heterocycles. The molecular formula is C25H21F2N3O4S. The fourth-order valence-corrected chi connectivity index (χ4v) is 5.63. The van der Waals surface area contributed by atoms with E-state index < -0.39 is 29.1 Å². The molecule has 1 aliphatic rings. The van der Waals surface area contributed by atoms with Crippen LogP contribution in [0.15, 0.2) is 77.7 Å². The number of hydrogen-bond acceptors (Lipinski definition) is 5. The number of halogens is 2. The molecule has 0 saturated carbocycles. The zero-order valence-electron chi connectivity index (χ0n) is 18.5. The van der Waals surface area contributed by atoms with Gasteiger partial charge in [0.05, 0.1) is 21.5 Å². The van der Waals surface area contributed by atoms with Gasteiger partial charge in [0, 0.05) is 13.1 Å². The van der Waals surface area contributed by atoms with Gasteiger partial charge in [0.2, 0.25) is 10.0 Å². The molecule has 0 saturated heterocycles. The molecule has 4 aromatic rings. The third-order valence-corrected chi connectivity index (χ3v) is 7.88. The summed E-state index contributed by atoms with van der Waals surface area (Å²) in [7, 11) is -3.75. The van der Waals surface area contributed by atoms with Crippen LogP contribution >= 0.6 is 0 Å². The number of carbonyl (C=O) groups excluding carboxylic acids is 1. The molecule has 0 atom stereocenters. The Morgan fingerprint density at radius 2 is 1.66 bits per heavy atom. The van der Waals surface area contributed by atoms with Gasteiger partial charge in [-0.05, 0) is 53.9 Å². The number of benzene rings is 3. The molecule has 0 unspecified atom stereocenters. The topological polar surface area (TPSA) is 81.5 Å². The van der Waals surface area contributed by atoms with E-state index in [1.807, 2.05) is 24.3 Å². The van der Waals surface area contributed by atoms with Gasteiger partial charge in [0.15, 0.2) is 5.82 Å². The molecule has 3 aromatic carbocycles. The van der Waals surface area contributed by atoms with Crippen molar-refractivity contribution in [3.8, 4) is 0 Å². The highest BCUT2D eigenvalue weighted by atomic mass is 32.2. The summed E-state index contributed by atoms with van der Waals surface area (Å²) in [6, 6.07) is 19.5. The van der Waals surface area contributed by atoms with E-state index in [1.165, 1.54) is 34.6 Å². The molecule has 1 aliphatic heterocycles. The molecule has 35 heavy (non-hydrogen) atoms. The highest BCUT2D eigenvalue weighted by Crippen LogP contribution is 2.26. The van der Waals surface area contributed by atoms with Gasteiger partial charge in [-0.15, -0.1) is 0 Å². The van der Waals surface area contributed by atoms with Crippen molar-refractivity contribution in [3.63, 3.8) is 0 Å². The molecule has 0 bridgehead atoms. The van der Waals surface area contributed by atoms with Crippen LogP contribution in [-0.2, 0) is 34.3 Å². The van der Waals surface area contributed by atoms with Crippen molar-refractivity contribution in [1.82, 2.24) is 13.9 Å². The Labute approximate surface area is 200 Å². The number of aromatic nitrogens is 2. The number of rotatable bonds is 6. The number of alkyl halides is 2. The quantitative estimate of drug-likeness (QED) is 0.366.